The van der Waals surface area contributed by atoms with Crippen molar-refractivity contribution in [1.82, 2.24) is 10.2 Å². The van der Waals surface area contributed by atoms with Crippen LogP contribution in [0.5, 0.6) is 5.75 Å². The highest BCUT2D eigenvalue weighted by Gasteiger charge is 2.14. The lowest BCUT2D eigenvalue weighted by Gasteiger charge is -2.28. The molecule has 3 nitrogen and oxygen atoms in total. The van der Waals surface area contributed by atoms with Gasteiger partial charge in [0.2, 0.25) is 0 Å². The predicted molar refractivity (Wildman–Crippen MR) is 79.8 cm³/mol. The Balaban J connectivity index is 1.64. The molecule has 0 spiro atoms. The van der Waals surface area contributed by atoms with E-state index in [1.807, 2.05) is 12.1 Å². The smallest absolute Gasteiger partial charge is 0.119 e. The van der Waals surface area contributed by atoms with E-state index in [0.29, 0.717) is 6.04 Å². The Kier molecular flexibility index (Phi) is 5.67. The molecule has 1 aliphatic rings. The summed E-state index contributed by atoms with van der Waals surface area (Å²) in [5.74, 6) is 0.976. The van der Waals surface area contributed by atoms with E-state index in [2.05, 4.69) is 36.3 Å². The molecule has 0 aromatic heterocycles. The van der Waals surface area contributed by atoms with Crippen molar-refractivity contribution in [2.45, 2.75) is 32.2 Å². The summed E-state index contributed by atoms with van der Waals surface area (Å²) in [7, 11) is 2.18. The number of likely N-dealkylation sites (N-methyl/N-ethyl adjacent to an activating group) is 1. The van der Waals surface area contributed by atoms with E-state index in [0.717, 1.165) is 25.4 Å². The Bertz CT molecular complexity index is 375. The minimum Gasteiger partial charge on any atom is -0.492 e. The minimum atomic E-state index is 0.665. The largest absolute Gasteiger partial charge is 0.492 e. The van der Waals surface area contributed by atoms with Crippen molar-refractivity contribution in [3.63, 3.8) is 0 Å². The molecule has 1 aromatic rings. The quantitative estimate of drug-likeness (QED) is 0.852. The van der Waals surface area contributed by atoms with Crippen LogP contribution in [0.3, 0.4) is 0 Å². The molecule has 1 fully saturated rings. The van der Waals surface area contributed by atoms with Gasteiger partial charge in [-0.15, -0.1) is 0 Å². The third kappa shape index (κ3) is 5.21. The van der Waals surface area contributed by atoms with Gasteiger partial charge in [-0.1, -0.05) is 18.6 Å². The molecule has 1 saturated heterocycles. The van der Waals surface area contributed by atoms with Crippen LogP contribution in [0.1, 0.15) is 24.8 Å². The Labute approximate surface area is 116 Å². The molecule has 3 heteroatoms. The fourth-order valence-electron chi connectivity index (χ4n) is 2.57. The predicted octanol–water partition coefficient (Wildman–Crippen LogP) is 2.45. The molecule has 1 N–H and O–H groups in total. The number of rotatable bonds is 6. The second kappa shape index (κ2) is 7.51. The summed E-state index contributed by atoms with van der Waals surface area (Å²) in [6.07, 6.45) is 4.01. The Morgan fingerprint density at radius 3 is 3.00 bits per heavy atom. The SMILES string of the molecule is Cc1cccc(OCCN(C)CC2CCCCN2)c1. The third-order valence-corrected chi connectivity index (χ3v) is 3.68. The van der Waals surface area contributed by atoms with Gasteiger partial charge in [-0.25, -0.2) is 0 Å². The zero-order valence-corrected chi connectivity index (χ0v) is 12.2. The van der Waals surface area contributed by atoms with Gasteiger partial charge in [-0.2, -0.15) is 0 Å². The van der Waals surface area contributed by atoms with Crippen molar-refractivity contribution < 1.29 is 4.74 Å². The lowest BCUT2D eigenvalue weighted by Crippen LogP contribution is -2.43. The molecule has 1 heterocycles. The van der Waals surface area contributed by atoms with Crippen LogP contribution in [0.4, 0.5) is 0 Å². The van der Waals surface area contributed by atoms with Crippen molar-refractivity contribution in [2.75, 3.05) is 33.3 Å². The highest BCUT2D eigenvalue weighted by Crippen LogP contribution is 2.12. The highest BCUT2D eigenvalue weighted by molar-refractivity contribution is 5.27. The van der Waals surface area contributed by atoms with Crippen LogP contribution in [0.25, 0.3) is 0 Å². The summed E-state index contributed by atoms with van der Waals surface area (Å²) in [5, 5.41) is 3.58. The Morgan fingerprint density at radius 2 is 2.26 bits per heavy atom. The van der Waals surface area contributed by atoms with Gasteiger partial charge in [0.25, 0.3) is 0 Å². The molecular weight excluding hydrogens is 236 g/mol. The Hall–Kier alpha value is -1.06. The molecule has 0 aliphatic carbocycles. The number of nitrogens with zero attached hydrogens (tertiary/aromatic N) is 1. The lowest BCUT2D eigenvalue weighted by atomic mass is 10.0. The monoisotopic (exact) mass is 262 g/mol. The van der Waals surface area contributed by atoms with Gasteiger partial charge in [0.05, 0.1) is 0 Å². The molecule has 0 radical (unpaired) electrons. The van der Waals surface area contributed by atoms with Gasteiger partial charge in [0, 0.05) is 19.1 Å². The van der Waals surface area contributed by atoms with Crippen LogP contribution in [-0.2, 0) is 0 Å². The summed E-state index contributed by atoms with van der Waals surface area (Å²) < 4.78 is 5.78. The van der Waals surface area contributed by atoms with Crippen LogP contribution in [0, 0.1) is 6.92 Å². The van der Waals surface area contributed by atoms with Gasteiger partial charge >= 0.3 is 0 Å². The van der Waals surface area contributed by atoms with Crippen LogP contribution in [0.2, 0.25) is 0 Å². The zero-order chi connectivity index (χ0) is 13.5. The standard InChI is InChI=1S/C16H26N2O/c1-14-6-5-8-16(12-14)19-11-10-18(2)13-15-7-3-4-9-17-15/h5-6,8,12,15,17H,3-4,7,9-11,13H2,1-2H3. The number of piperidine rings is 1. The first-order valence-electron chi connectivity index (χ1n) is 7.35. The first-order chi connectivity index (χ1) is 9.24. The molecule has 19 heavy (non-hydrogen) atoms. The second-order valence-corrected chi connectivity index (χ2v) is 5.57. The van der Waals surface area contributed by atoms with Gasteiger partial charge in [0.15, 0.2) is 0 Å². The lowest BCUT2D eigenvalue weighted by molar-refractivity contribution is 0.211. The molecule has 106 valence electrons. The third-order valence-electron chi connectivity index (χ3n) is 3.68. The topological polar surface area (TPSA) is 24.5 Å². The summed E-state index contributed by atoms with van der Waals surface area (Å²) in [6.45, 7) is 6.13. The van der Waals surface area contributed by atoms with Crippen LogP contribution in [-0.4, -0.2) is 44.2 Å². The first kappa shape index (κ1) is 14.4. The number of nitrogens with one attached hydrogen (secondary N) is 1. The minimum absolute atomic E-state index is 0.665. The van der Waals surface area contributed by atoms with E-state index in [9.17, 15) is 0 Å². The highest BCUT2D eigenvalue weighted by atomic mass is 16.5. The van der Waals surface area contributed by atoms with Crippen molar-refractivity contribution in [2.24, 2.45) is 0 Å². The first-order valence-corrected chi connectivity index (χ1v) is 7.35. The summed E-state index contributed by atoms with van der Waals surface area (Å²) in [5.41, 5.74) is 1.25. The molecule has 0 bridgehead atoms. The van der Waals surface area contributed by atoms with Gasteiger partial charge in [-0.3, -0.25) is 0 Å². The molecule has 1 unspecified atom stereocenters. The fourth-order valence-corrected chi connectivity index (χ4v) is 2.57. The molecule has 0 amide bonds. The summed E-state index contributed by atoms with van der Waals surface area (Å²) in [4.78, 5) is 2.36. The fraction of sp³-hybridized carbons (Fsp3) is 0.625. The van der Waals surface area contributed by atoms with E-state index in [1.165, 1.54) is 31.4 Å². The van der Waals surface area contributed by atoms with Gasteiger partial charge in [0.1, 0.15) is 12.4 Å². The van der Waals surface area contributed by atoms with Crippen LogP contribution >= 0.6 is 0 Å². The zero-order valence-electron chi connectivity index (χ0n) is 12.2. The molecule has 1 aromatic carbocycles. The molecular formula is C16H26N2O. The molecule has 2 rings (SSSR count). The Morgan fingerprint density at radius 1 is 1.37 bits per heavy atom. The number of benzene rings is 1. The van der Waals surface area contributed by atoms with E-state index < -0.39 is 0 Å². The summed E-state index contributed by atoms with van der Waals surface area (Å²) >= 11 is 0. The van der Waals surface area contributed by atoms with E-state index in [4.69, 9.17) is 4.74 Å². The average Bonchev–Trinajstić information content (AvgIpc) is 2.40. The normalized spacial score (nSPS) is 19.6. The van der Waals surface area contributed by atoms with Crippen molar-refractivity contribution >= 4 is 0 Å². The van der Waals surface area contributed by atoms with Gasteiger partial charge in [-0.05, 0) is 51.1 Å². The molecule has 0 saturated carbocycles. The number of aryl methyl sites for hydroxylation is 1. The van der Waals surface area contributed by atoms with Crippen molar-refractivity contribution in [3.8, 4) is 5.75 Å². The van der Waals surface area contributed by atoms with E-state index >= 15 is 0 Å². The van der Waals surface area contributed by atoms with E-state index in [1.54, 1.807) is 0 Å². The van der Waals surface area contributed by atoms with Crippen molar-refractivity contribution in [3.05, 3.63) is 29.8 Å². The van der Waals surface area contributed by atoms with Gasteiger partial charge < -0.3 is 15.0 Å². The average molecular weight is 262 g/mol. The van der Waals surface area contributed by atoms with Crippen molar-refractivity contribution in [1.29, 1.82) is 0 Å². The molecule has 1 aliphatic heterocycles. The second-order valence-electron chi connectivity index (χ2n) is 5.57. The van der Waals surface area contributed by atoms with Crippen LogP contribution < -0.4 is 10.1 Å². The maximum Gasteiger partial charge on any atom is 0.119 e. The van der Waals surface area contributed by atoms with Crippen LogP contribution in [0.15, 0.2) is 24.3 Å². The molecule has 1 atom stereocenters. The maximum absolute atomic E-state index is 5.78. The summed E-state index contributed by atoms with van der Waals surface area (Å²) in [6, 6.07) is 8.91. The maximum atomic E-state index is 5.78. The number of hydrogen-bond acceptors (Lipinski definition) is 3. The number of hydrogen-bond donors (Lipinski definition) is 1. The number of ether oxygens (including phenoxy) is 1. The van der Waals surface area contributed by atoms with E-state index in [-0.39, 0.29) is 0 Å².